The van der Waals surface area contributed by atoms with Crippen LogP contribution >= 0.6 is 0 Å². The zero-order chi connectivity index (χ0) is 10.7. The Morgan fingerprint density at radius 1 is 1.64 bits per heavy atom. The van der Waals surface area contributed by atoms with Gasteiger partial charge in [-0.1, -0.05) is 0 Å². The monoisotopic (exact) mass is 200 g/mol. The van der Waals surface area contributed by atoms with E-state index in [9.17, 15) is 5.11 Å². The topological polar surface area (TPSA) is 140 Å². The minimum Gasteiger partial charge on any atom is -0.403 e. The van der Waals surface area contributed by atoms with Crippen molar-refractivity contribution in [1.82, 2.24) is 10.3 Å². The molecule has 0 aliphatic rings. The highest BCUT2D eigenvalue weighted by atomic mass is 16.6. The molecule has 1 rings (SSSR count). The van der Waals surface area contributed by atoms with Crippen LogP contribution in [-0.2, 0) is 0 Å². The Balaban J connectivity index is 2.95. The smallest absolute Gasteiger partial charge is 0.236 e. The van der Waals surface area contributed by atoms with Crippen molar-refractivity contribution < 1.29 is 9.74 Å². The largest absolute Gasteiger partial charge is 0.403 e. The first-order chi connectivity index (χ1) is 6.57. The van der Waals surface area contributed by atoms with E-state index in [1.807, 2.05) is 0 Å². The molecule has 1 heterocycles. The molecule has 0 bridgehead atoms. The Labute approximate surface area is 79.9 Å². The molecule has 0 spiro atoms. The highest BCUT2D eigenvalue weighted by molar-refractivity contribution is 5.58. The van der Waals surface area contributed by atoms with Crippen molar-refractivity contribution in [2.45, 2.75) is 13.0 Å². The van der Waals surface area contributed by atoms with Gasteiger partial charge in [0.05, 0.1) is 11.8 Å². The fourth-order valence-corrected chi connectivity index (χ4v) is 0.901. The van der Waals surface area contributed by atoms with Gasteiger partial charge >= 0.3 is 0 Å². The van der Waals surface area contributed by atoms with Crippen molar-refractivity contribution >= 4 is 11.6 Å². The number of nitrogen functional groups attached to an aromatic ring is 1. The van der Waals surface area contributed by atoms with Gasteiger partial charge in [0, 0.05) is 6.20 Å². The molecule has 1 unspecified atom stereocenters. The second-order valence-electron chi connectivity index (χ2n) is 2.61. The molecule has 8 heteroatoms. The van der Waals surface area contributed by atoms with Crippen LogP contribution in [0.5, 0.6) is 0 Å². The maximum absolute atomic E-state index is 9.28. The lowest BCUT2D eigenvalue weighted by molar-refractivity contribution is 0.226. The van der Waals surface area contributed by atoms with Crippen LogP contribution in [0.3, 0.4) is 0 Å². The van der Waals surface area contributed by atoms with Crippen molar-refractivity contribution in [3.8, 4) is 0 Å². The number of hydrazine groups is 1. The van der Waals surface area contributed by atoms with Crippen LogP contribution in [0.15, 0.2) is 16.5 Å². The average molecular weight is 200 g/mol. The van der Waals surface area contributed by atoms with E-state index in [0.717, 1.165) is 11.2 Å². The number of nitrogens with two attached hydrogens (primary N) is 3. The molecule has 1 aromatic rings. The third kappa shape index (κ3) is 1.75. The molecule has 8 nitrogen and oxygen atoms in total. The number of nitrogens with zero attached hydrogens (tertiary/aromatic N) is 3. The van der Waals surface area contributed by atoms with Gasteiger partial charge in [0.1, 0.15) is 0 Å². The highest BCUT2D eigenvalue weighted by Crippen LogP contribution is 2.19. The molecule has 0 aromatic carbocycles. The molecule has 1 aromatic heterocycles. The Hall–Kier alpha value is -1.80. The quantitative estimate of drug-likeness (QED) is 0.341. The van der Waals surface area contributed by atoms with Gasteiger partial charge in [-0.05, 0) is 17.2 Å². The van der Waals surface area contributed by atoms with Gasteiger partial charge in [0.2, 0.25) is 11.6 Å². The predicted molar refractivity (Wildman–Crippen MR) is 49.3 cm³/mol. The van der Waals surface area contributed by atoms with Crippen LogP contribution in [-0.4, -0.2) is 21.5 Å². The van der Waals surface area contributed by atoms with Crippen LogP contribution in [0.2, 0.25) is 0 Å². The van der Waals surface area contributed by atoms with Gasteiger partial charge in [-0.3, -0.25) is 5.01 Å². The van der Waals surface area contributed by atoms with Crippen molar-refractivity contribution in [2.75, 3.05) is 10.7 Å². The fraction of sp³-hybridized carbons (Fsp3) is 0.333. The zero-order valence-electron chi connectivity index (χ0n) is 7.58. The summed E-state index contributed by atoms with van der Waals surface area (Å²) in [5, 5.41) is 17.1. The average Bonchev–Trinajstić information content (AvgIpc) is 2.51. The van der Waals surface area contributed by atoms with E-state index in [4.69, 9.17) is 17.3 Å². The molecule has 0 aliphatic heterocycles. The summed E-state index contributed by atoms with van der Waals surface area (Å²) in [6, 6.07) is 0. The second kappa shape index (κ2) is 3.94. The number of hydrogen-bond donors (Lipinski definition) is 4. The Morgan fingerprint density at radius 2 is 2.29 bits per heavy atom. The zero-order valence-corrected chi connectivity index (χ0v) is 7.58. The summed E-state index contributed by atoms with van der Waals surface area (Å²) < 4.78 is 4.34. The van der Waals surface area contributed by atoms with Crippen LogP contribution in [0, 0.1) is 0 Å². The molecular formula is C6H12N6O2. The molecule has 7 N–H and O–H groups in total. The van der Waals surface area contributed by atoms with Gasteiger partial charge in [0.15, 0.2) is 0 Å². The highest BCUT2D eigenvalue weighted by Gasteiger charge is 2.18. The Morgan fingerprint density at radius 3 is 2.64 bits per heavy atom. The van der Waals surface area contributed by atoms with Crippen LogP contribution < -0.4 is 22.3 Å². The first-order valence-corrected chi connectivity index (χ1v) is 3.80. The molecule has 0 fully saturated rings. The number of rotatable bonds is 3. The van der Waals surface area contributed by atoms with Crippen LogP contribution in [0.1, 0.15) is 6.92 Å². The molecule has 0 radical (unpaired) electrons. The Bertz CT molecular complexity index is 333. The lowest BCUT2D eigenvalue weighted by atomic mass is 10.3. The summed E-state index contributed by atoms with van der Waals surface area (Å²) in [7, 11) is 0. The normalized spacial score (nSPS) is 14.1. The lowest BCUT2D eigenvalue weighted by Gasteiger charge is -2.20. The fourth-order valence-electron chi connectivity index (χ4n) is 0.901. The number of aromatic nitrogens is 2. The minimum atomic E-state index is -0.846. The minimum absolute atomic E-state index is 0.0208. The van der Waals surface area contributed by atoms with Crippen molar-refractivity contribution in [3.63, 3.8) is 0 Å². The maximum Gasteiger partial charge on any atom is 0.236 e. The molecule has 0 amide bonds. The van der Waals surface area contributed by atoms with Crippen LogP contribution in [0.4, 0.5) is 11.6 Å². The SMILES string of the molecule is CC(O)/C(=C/N)N(N)c1nonc1N. The summed E-state index contributed by atoms with van der Waals surface area (Å²) in [4.78, 5) is 0. The van der Waals surface area contributed by atoms with Gasteiger partial charge in [0.25, 0.3) is 0 Å². The van der Waals surface area contributed by atoms with Crippen molar-refractivity contribution in [3.05, 3.63) is 11.9 Å². The molecule has 14 heavy (non-hydrogen) atoms. The third-order valence-corrected chi connectivity index (χ3v) is 1.60. The molecule has 0 aliphatic carbocycles. The number of anilines is 2. The second-order valence-corrected chi connectivity index (χ2v) is 2.61. The van der Waals surface area contributed by atoms with E-state index in [2.05, 4.69) is 14.9 Å². The van der Waals surface area contributed by atoms with Gasteiger partial charge in [-0.25, -0.2) is 10.5 Å². The van der Waals surface area contributed by atoms with Crippen molar-refractivity contribution in [1.29, 1.82) is 0 Å². The summed E-state index contributed by atoms with van der Waals surface area (Å²) in [6.07, 6.45) is 0.305. The molecule has 1 atom stereocenters. The summed E-state index contributed by atoms with van der Waals surface area (Å²) in [5.74, 6) is 5.70. The molecular weight excluding hydrogens is 188 g/mol. The molecule has 0 saturated carbocycles. The van der Waals surface area contributed by atoms with Gasteiger partial charge in [-0.2, -0.15) is 0 Å². The van der Waals surface area contributed by atoms with Gasteiger partial charge in [-0.15, -0.1) is 0 Å². The van der Waals surface area contributed by atoms with Crippen LogP contribution in [0.25, 0.3) is 0 Å². The summed E-state index contributed by atoms with van der Waals surface area (Å²) >= 11 is 0. The number of aliphatic hydroxyl groups excluding tert-OH is 1. The Kier molecular flexibility index (Phi) is 2.89. The first-order valence-electron chi connectivity index (χ1n) is 3.80. The molecule has 78 valence electrons. The maximum atomic E-state index is 9.28. The van der Waals surface area contributed by atoms with E-state index < -0.39 is 6.10 Å². The summed E-state index contributed by atoms with van der Waals surface area (Å²) in [5.41, 5.74) is 10.9. The standard InChI is InChI=1S/C6H12N6O2/c1-3(13)4(2-7)12(9)6-5(8)10-14-11-6/h2-3,13H,7,9H2,1H3,(H2,8,10)/b4-2-. The van der Waals surface area contributed by atoms with E-state index in [1.165, 1.54) is 6.92 Å². The van der Waals surface area contributed by atoms with Gasteiger partial charge < -0.3 is 16.6 Å². The number of hydrogen-bond acceptors (Lipinski definition) is 8. The van der Waals surface area contributed by atoms with Crippen molar-refractivity contribution in [2.24, 2.45) is 11.6 Å². The molecule has 0 saturated heterocycles. The third-order valence-electron chi connectivity index (χ3n) is 1.60. The lowest BCUT2D eigenvalue weighted by Crippen LogP contribution is -2.36. The summed E-state index contributed by atoms with van der Waals surface area (Å²) in [6.45, 7) is 1.50. The number of aliphatic hydroxyl groups is 1. The predicted octanol–water partition coefficient (Wildman–Crippen LogP) is -1.49. The first kappa shape index (κ1) is 10.3. The van der Waals surface area contributed by atoms with E-state index in [1.54, 1.807) is 0 Å². The van der Waals surface area contributed by atoms with E-state index in [0.29, 0.717) is 0 Å². The van der Waals surface area contributed by atoms with E-state index in [-0.39, 0.29) is 17.3 Å². The van der Waals surface area contributed by atoms with E-state index >= 15 is 0 Å².